The summed E-state index contributed by atoms with van der Waals surface area (Å²) in [5.74, 6) is 0.644. The predicted octanol–water partition coefficient (Wildman–Crippen LogP) is 2.31. The van der Waals surface area contributed by atoms with Crippen molar-refractivity contribution in [3.63, 3.8) is 0 Å². The van der Waals surface area contributed by atoms with Crippen LogP contribution in [0.3, 0.4) is 0 Å². The lowest BCUT2D eigenvalue weighted by Gasteiger charge is -2.13. The maximum Gasteiger partial charge on any atom is 0.160 e. The molecular formula is C15H22O4. The number of phenols is 1. The zero-order valence-corrected chi connectivity index (χ0v) is 11.7. The molecule has 0 heterocycles. The Morgan fingerprint density at radius 2 is 2.05 bits per heavy atom. The molecule has 1 unspecified atom stereocenters. The van der Waals surface area contributed by atoms with Gasteiger partial charge in [-0.25, -0.2) is 0 Å². The average Bonchev–Trinajstić information content (AvgIpc) is 2.37. The predicted molar refractivity (Wildman–Crippen MR) is 73.4 cm³/mol. The summed E-state index contributed by atoms with van der Waals surface area (Å²) in [6.07, 6.45) is 0.604. The van der Waals surface area contributed by atoms with E-state index in [0.717, 1.165) is 5.56 Å². The molecule has 0 saturated heterocycles. The number of ketones is 1. The number of hydrogen-bond acceptors (Lipinski definition) is 4. The topological polar surface area (TPSA) is 66.8 Å². The van der Waals surface area contributed by atoms with Crippen molar-refractivity contribution >= 4 is 5.78 Å². The number of rotatable bonds is 7. The summed E-state index contributed by atoms with van der Waals surface area (Å²) < 4.78 is 5.01. The number of ether oxygens (including phenoxy) is 1. The van der Waals surface area contributed by atoms with Gasteiger partial charge in [-0.05, 0) is 30.0 Å². The van der Waals surface area contributed by atoms with Crippen molar-refractivity contribution < 1.29 is 19.7 Å². The van der Waals surface area contributed by atoms with E-state index in [0.29, 0.717) is 18.6 Å². The molecule has 0 aliphatic rings. The molecule has 0 spiro atoms. The van der Waals surface area contributed by atoms with Crippen molar-refractivity contribution in [2.75, 3.05) is 7.11 Å². The first-order chi connectivity index (χ1) is 8.93. The summed E-state index contributed by atoms with van der Waals surface area (Å²) in [5, 5.41) is 19.1. The minimum atomic E-state index is -0.568. The van der Waals surface area contributed by atoms with E-state index in [1.54, 1.807) is 18.2 Å². The summed E-state index contributed by atoms with van der Waals surface area (Å²) in [6.45, 7) is 3.78. The molecule has 1 aromatic rings. The molecule has 4 heteroatoms. The molecule has 1 atom stereocenters. The van der Waals surface area contributed by atoms with Gasteiger partial charge in [0.05, 0.1) is 13.2 Å². The number of hydrogen-bond donors (Lipinski definition) is 2. The number of phenolic OH excluding ortho intramolecular Hbond substituents is 1. The van der Waals surface area contributed by atoms with Crippen molar-refractivity contribution in [2.45, 2.75) is 39.2 Å². The highest BCUT2D eigenvalue weighted by Crippen LogP contribution is 2.26. The van der Waals surface area contributed by atoms with Crippen LogP contribution in [0.4, 0.5) is 0 Å². The molecule has 0 saturated carbocycles. The summed E-state index contributed by atoms with van der Waals surface area (Å²) in [7, 11) is 1.49. The van der Waals surface area contributed by atoms with Crippen molar-refractivity contribution in [1.29, 1.82) is 0 Å². The lowest BCUT2D eigenvalue weighted by molar-refractivity contribution is -0.121. The van der Waals surface area contributed by atoms with Crippen LogP contribution in [0.5, 0.6) is 11.5 Å². The average molecular weight is 266 g/mol. The Balaban J connectivity index is 2.50. The number of aliphatic hydroxyl groups is 1. The fourth-order valence-electron chi connectivity index (χ4n) is 1.73. The normalized spacial score (nSPS) is 12.5. The third-order valence-electron chi connectivity index (χ3n) is 3.14. The Morgan fingerprint density at radius 1 is 1.37 bits per heavy atom. The zero-order valence-electron chi connectivity index (χ0n) is 11.7. The molecule has 0 fully saturated rings. The minimum absolute atomic E-state index is 0.0493. The first-order valence-electron chi connectivity index (χ1n) is 6.49. The summed E-state index contributed by atoms with van der Waals surface area (Å²) in [4.78, 5) is 11.7. The van der Waals surface area contributed by atoms with Gasteiger partial charge in [-0.2, -0.15) is 0 Å². The Bertz CT molecular complexity index is 426. The molecule has 1 aromatic carbocycles. The Kier molecular flexibility index (Phi) is 5.83. The van der Waals surface area contributed by atoms with Crippen molar-refractivity contribution in [3.05, 3.63) is 23.8 Å². The highest BCUT2D eigenvalue weighted by Gasteiger charge is 2.14. The van der Waals surface area contributed by atoms with Crippen LogP contribution in [-0.4, -0.2) is 29.2 Å². The first kappa shape index (κ1) is 15.5. The van der Waals surface area contributed by atoms with Gasteiger partial charge in [0.25, 0.3) is 0 Å². The SMILES string of the molecule is COc1cc(CCC(=O)CC(O)C(C)C)ccc1O. The van der Waals surface area contributed by atoms with Gasteiger partial charge in [-0.15, -0.1) is 0 Å². The molecule has 0 aliphatic carbocycles. The first-order valence-corrected chi connectivity index (χ1v) is 6.49. The lowest BCUT2D eigenvalue weighted by Crippen LogP contribution is -2.19. The van der Waals surface area contributed by atoms with Crippen molar-refractivity contribution in [1.82, 2.24) is 0 Å². The fraction of sp³-hybridized carbons (Fsp3) is 0.533. The number of benzene rings is 1. The van der Waals surface area contributed by atoms with Gasteiger partial charge in [0.1, 0.15) is 5.78 Å². The van der Waals surface area contributed by atoms with E-state index in [-0.39, 0.29) is 23.9 Å². The number of aromatic hydroxyl groups is 1. The molecule has 0 aliphatic heterocycles. The monoisotopic (exact) mass is 266 g/mol. The second-order valence-corrected chi connectivity index (χ2v) is 5.06. The number of aliphatic hydroxyl groups excluding tert-OH is 1. The Hall–Kier alpha value is -1.55. The minimum Gasteiger partial charge on any atom is -0.504 e. The van der Waals surface area contributed by atoms with E-state index in [1.165, 1.54) is 7.11 Å². The van der Waals surface area contributed by atoms with Crippen LogP contribution < -0.4 is 4.74 Å². The van der Waals surface area contributed by atoms with Crippen molar-refractivity contribution in [3.8, 4) is 11.5 Å². The van der Waals surface area contributed by atoms with Gasteiger partial charge >= 0.3 is 0 Å². The molecule has 0 bridgehead atoms. The number of aryl methyl sites for hydroxylation is 1. The van der Waals surface area contributed by atoms with Crippen LogP contribution in [0, 0.1) is 5.92 Å². The number of methoxy groups -OCH3 is 1. The van der Waals surface area contributed by atoms with Crippen molar-refractivity contribution in [2.24, 2.45) is 5.92 Å². The molecular weight excluding hydrogens is 244 g/mol. The number of carbonyl (C=O) groups is 1. The molecule has 2 N–H and O–H groups in total. The van der Waals surface area contributed by atoms with E-state index < -0.39 is 6.10 Å². The quantitative estimate of drug-likeness (QED) is 0.794. The molecule has 4 nitrogen and oxygen atoms in total. The number of Topliss-reactive ketones (excluding diaryl/α,β-unsaturated/α-hetero) is 1. The summed E-state index contributed by atoms with van der Waals surface area (Å²) >= 11 is 0. The van der Waals surface area contributed by atoms with E-state index >= 15 is 0 Å². The second-order valence-electron chi connectivity index (χ2n) is 5.06. The standard InChI is InChI=1S/C15H22O4/c1-10(2)14(18)9-12(16)6-4-11-5-7-13(17)15(8-11)19-3/h5,7-8,10,14,17-18H,4,6,9H2,1-3H3. The van der Waals surface area contributed by atoms with Crippen LogP contribution in [0.15, 0.2) is 18.2 Å². The Labute approximate surface area is 114 Å². The molecule has 1 rings (SSSR count). The zero-order chi connectivity index (χ0) is 14.4. The Morgan fingerprint density at radius 3 is 2.63 bits per heavy atom. The van der Waals surface area contributed by atoms with E-state index in [9.17, 15) is 15.0 Å². The largest absolute Gasteiger partial charge is 0.504 e. The maximum atomic E-state index is 11.7. The maximum absolute atomic E-state index is 11.7. The summed E-state index contributed by atoms with van der Waals surface area (Å²) in [6, 6.07) is 5.05. The highest BCUT2D eigenvalue weighted by atomic mass is 16.5. The highest BCUT2D eigenvalue weighted by molar-refractivity contribution is 5.79. The van der Waals surface area contributed by atoms with E-state index in [1.807, 2.05) is 13.8 Å². The van der Waals surface area contributed by atoms with Crippen LogP contribution >= 0.6 is 0 Å². The van der Waals surface area contributed by atoms with Gasteiger partial charge in [0, 0.05) is 12.8 Å². The lowest BCUT2D eigenvalue weighted by atomic mass is 9.98. The molecule has 0 aromatic heterocycles. The van der Waals surface area contributed by atoms with Crippen LogP contribution in [0.2, 0.25) is 0 Å². The van der Waals surface area contributed by atoms with Gasteiger partial charge in [-0.3, -0.25) is 4.79 Å². The third-order valence-corrected chi connectivity index (χ3v) is 3.14. The van der Waals surface area contributed by atoms with Gasteiger partial charge in [-0.1, -0.05) is 19.9 Å². The van der Waals surface area contributed by atoms with Crippen LogP contribution in [0.25, 0.3) is 0 Å². The number of carbonyl (C=O) groups excluding carboxylic acids is 1. The summed E-state index contributed by atoms with van der Waals surface area (Å²) in [5.41, 5.74) is 0.932. The smallest absolute Gasteiger partial charge is 0.160 e. The van der Waals surface area contributed by atoms with Gasteiger partial charge in [0.2, 0.25) is 0 Å². The fourth-order valence-corrected chi connectivity index (χ4v) is 1.73. The third kappa shape index (κ3) is 4.91. The van der Waals surface area contributed by atoms with Gasteiger partial charge < -0.3 is 14.9 Å². The molecule has 0 amide bonds. The molecule has 106 valence electrons. The molecule has 19 heavy (non-hydrogen) atoms. The van der Waals surface area contributed by atoms with Gasteiger partial charge in [0.15, 0.2) is 11.5 Å². The van der Waals surface area contributed by atoms with Crippen LogP contribution in [0.1, 0.15) is 32.3 Å². The molecule has 0 radical (unpaired) electrons. The second kappa shape index (κ2) is 7.14. The van der Waals surface area contributed by atoms with E-state index in [2.05, 4.69) is 0 Å². The van der Waals surface area contributed by atoms with Crippen LogP contribution in [-0.2, 0) is 11.2 Å². The van der Waals surface area contributed by atoms with E-state index in [4.69, 9.17) is 4.74 Å².